The Morgan fingerprint density at radius 3 is 2.63 bits per heavy atom. The predicted molar refractivity (Wildman–Crippen MR) is 78.8 cm³/mol. The smallest absolute Gasteiger partial charge is 0.180 e. The van der Waals surface area contributed by atoms with E-state index in [2.05, 4.69) is 10.1 Å². The van der Waals surface area contributed by atoms with Gasteiger partial charge in [-0.1, -0.05) is 11.6 Å². The maximum Gasteiger partial charge on any atom is 0.180 e. The third-order valence-corrected chi connectivity index (χ3v) is 3.80. The number of aromatic nitrogens is 3. The summed E-state index contributed by atoms with van der Waals surface area (Å²) in [6.45, 7) is 2.01. The highest BCUT2D eigenvalue weighted by Gasteiger charge is 2.12. The van der Waals surface area contributed by atoms with Crippen molar-refractivity contribution < 1.29 is 0 Å². The lowest BCUT2D eigenvalue weighted by molar-refractivity contribution is 0.847. The van der Waals surface area contributed by atoms with Crippen molar-refractivity contribution in [2.75, 3.05) is 5.73 Å². The first-order valence-electron chi connectivity index (χ1n) is 5.67. The van der Waals surface area contributed by atoms with Crippen molar-refractivity contribution in [3.63, 3.8) is 0 Å². The van der Waals surface area contributed by atoms with E-state index in [4.69, 9.17) is 17.3 Å². The molecule has 3 rings (SSSR count). The summed E-state index contributed by atoms with van der Waals surface area (Å²) >= 11 is 7.32. The van der Waals surface area contributed by atoms with Crippen LogP contribution in [0.15, 0.2) is 35.8 Å². The van der Waals surface area contributed by atoms with Crippen molar-refractivity contribution in [1.82, 2.24) is 14.8 Å². The molecule has 0 amide bonds. The molecule has 0 aliphatic carbocycles. The maximum absolute atomic E-state index is 5.89. The van der Waals surface area contributed by atoms with Crippen LogP contribution in [0.1, 0.15) is 5.69 Å². The Labute approximate surface area is 119 Å². The average Bonchev–Trinajstić information content (AvgIpc) is 2.97. The molecule has 19 heavy (non-hydrogen) atoms. The number of nitrogens with zero attached hydrogens (tertiary/aromatic N) is 3. The van der Waals surface area contributed by atoms with Gasteiger partial charge in [0, 0.05) is 16.0 Å². The van der Waals surface area contributed by atoms with Crippen molar-refractivity contribution in [2.24, 2.45) is 0 Å². The van der Waals surface area contributed by atoms with Crippen molar-refractivity contribution in [1.29, 1.82) is 0 Å². The van der Waals surface area contributed by atoms with Gasteiger partial charge in [-0.2, -0.15) is 5.10 Å². The van der Waals surface area contributed by atoms with Crippen molar-refractivity contribution >= 4 is 28.1 Å². The highest BCUT2D eigenvalue weighted by atomic mass is 35.5. The molecule has 0 atom stereocenters. The van der Waals surface area contributed by atoms with Crippen LogP contribution in [0, 0.1) is 6.92 Å². The first kappa shape index (κ1) is 12.2. The van der Waals surface area contributed by atoms with E-state index in [0.29, 0.717) is 10.2 Å². The van der Waals surface area contributed by atoms with E-state index in [1.165, 1.54) is 11.3 Å². The van der Waals surface area contributed by atoms with Crippen molar-refractivity contribution in [3.05, 3.63) is 46.6 Å². The van der Waals surface area contributed by atoms with Gasteiger partial charge in [0.25, 0.3) is 0 Å². The van der Waals surface area contributed by atoms with Gasteiger partial charge in [-0.05, 0) is 31.2 Å². The van der Waals surface area contributed by atoms with E-state index in [9.17, 15) is 0 Å². The van der Waals surface area contributed by atoms with E-state index in [0.717, 1.165) is 22.6 Å². The second-order valence-corrected chi connectivity index (χ2v) is 5.43. The molecular formula is C13H11ClN4S. The summed E-state index contributed by atoms with van der Waals surface area (Å²) in [6, 6.07) is 7.56. The topological polar surface area (TPSA) is 56.7 Å². The molecule has 2 N–H and O–H groups in total. The zero-order valence-electron chi connectivity index (χ0n) is 10.2. The van der Waals surface area contributed by atoms with Gasteiger partial charge in [0.15, 0.2) is 5.13 Å². The Morgan fingerprint density at radius 2 is 2.00 bits per heavy atom. The minimum Gasteiger partial charge on any atom is -0.375 e. The van der Waals surface area contributed by atoms with Crippen LogP contribution in [0.2, 0.25) is 5.02 Å². The lowest BCUT2D eigenvalue weighted by Crippen LogP contribution is -1.98. The van der Waals surface area contributed by atoms with Crippen LogP contribution in [0.5, 0.6) is 0 Å². The largest absolute Gasteiger partial charge is 0.375 e. The summed E-state index contributed by atoms with van der Waals surface area (Å²) in [5.41, 5.74) is 9.51. The second-order valence-electron chi connectivity index (χ2n) is 4.10. The molecule has 0 saturated carbocycles. The zero-order valence-corrected chi connectivity index (χ0v) is 11.7. The monoisotopic (exact) mass is 290 g/mol. The summed E-state index contributed by atoms with van der Waals surface area (Å²) in [5, 5.41) is 7.61. The van der Waals surface area contributed by atoms with E-state index in [1.807, 2.05) is 41.3 Å². The molecule has 0 fully saturated rings. The Hall–Kier alpha value is -1.85. The summed E-state index contributed by atoms with van der Waals surface area (Å²) < 4.78 is 1.86. The molecule has 1 aromatic carbocycles. The van der Waals surface area contributed by atoms with Crippen molar-refractivity contribution in [3.8, 4) is 16.9 Å². The number of hydrogen-bond donors (Lipinski definition) is 1. The van der Waals surface area contributed by atoms with E-state index >= 15 is 0 Å². The summed E-state index contributed by atoms with van der Waals surface area (Å²) in [5.74, 6) is 0. The molecule has 2 aromatic heterocycles. The highest BCUT2D eigenvalue weighted by Crippen LogP contribution is 2.27. The first-order valence-corrected chi connectivity index (χ1v) is 6.93. The minimum absolute atomic E-state index is 0.564. The fraction of sp³-hybridized carbons (Fsp3) is 0.0769. The molecule has 4 nitrogen and oxygen atoms in total. The van der Waals surface area contributed by atoms with Gasteiger partial charge in [0.1, 0.15) is 0 Å². The summed E-state index contributed by atoms with van der Waals surface area (Å²) in [4.78, 5) is 4.28. The Bertz CT molecular complexity index is 715. The summed E-state index contributed by atoms with van der Waals surface area (Å²) in [7, 11) is 0. The van der Waals surface area contributed by atoms with Crippen LogP contribution in [-0.2, 0) is 0 Å². The van der Waals surface area contributed by atoms with Gasteiger partial charge < -0.3 is 5.73 Å². The number of nitrogens with two attached hydrogens (primary N) is 1. The molecular weight excluding hydrogens is 280 g/mol. The van der Waals surface area contributed by atoms with Crippen LogP contribution in [-0.4, -0.2) is 14.8 Å². The fourth-order valence-electron chi connectivity index (χ4n) is 1.91. The van der Waals surface area contributed by atoms with Crippen LogP contribution in [0.25, 0.3) is 16.9 Å². The Kier molecular flexibility index (Phi) is 3.00. The molecule has 2 heterocycles. The maximum atomic E-state index is 5.89. The minimum atomic E-state index is 0.564. The molecule has 96 valence electrons. The molecule has 0 radical (unpaired) electrons. The second kappa shape index (κ2) is 4.68. The third kappa shape index (κ3) is 2.22. The lowest BCUT2D eigenvalue weighted by atomic mass is 10.2. The first-order chi connectivity index (χ1) is 9.15. The number of rotatable bonds is 2. The molecule has 6 heteroatoms. The zero-order chi connectivity index (χ0) is 13.4. The predicted octanol–water partition coefficient (Wildman–Crippen LogP) is 3.54. The SMILES string of the molecule is Cc1c(-c2csc(N)n2)cnn1-c1ccc(Cl)cc1. The van der Waals surface area contributed by atoms with Gasteiger partial charge in [-0.25, -0.2) is 9.67 Å². The average molecular weight is 291 g/mol. The molecule has 0 spiro atoms. The van der Waals surface area contributed by atoms with Crippen LogP contribution in [0.3, 0.4) is 0 Å². The standard InChI is InChI=1S/C13H11ClN4S/c1-8-11(12-7-19-13(15)17-12)6-16-18(8)10-4-2-9(14)3-5-10/h2-7H,1H3,(H2,15,17). The Morgan fingerprint density at radius 1 is 1.26 bits per heavy atom. The van der Waals surface area contributed by atoms with Gasteiger partial charge >= 0.3 is 0 Å². The van der Waals surface area contributed by atoms with E-state index in [1.54, 1.807) is 6.20 Å². The molecule has 3 aromatic rings. The van der Waals surface area contributed by atoms with E-state index < -0.39 is 0 Å². The normalized spacial score (nSPS) is 10.8. The number of anilines is 1. The van der Waals surface area contributed by atoms with Gasteiger partial charge in [-0.3, -0.25) is 0 Å². The molecule has 0 bridgehead atoms. The fourth-order valence-corrected chi connectivity index (χ4v) is 2.60. The summed E-state index contributed by atoms with van der Waals surface area (Å²) in [6.07, 6.45) is 1.80. The number of nitrogen functional groups attached to an aromatic ring is 1. The van der Waals surface area contributed by atoms with Crippen LogP contribution in [0.4, 0.5) is 5.13 Å². The molecule has 0 aliphatic rings. The van der Waals surface area contributed by atoms with Gasteiger partial charge in [0.05, 0.1) is 23.3 Å². The number of hydrogen-bond acceptors (Lipinski definition) is 4. The number of benzene rings is 1. The van der Waals surface area contributed by atoms with Crippen LogP contribution >= 0.6 is 22.9 Å². The Balaban J connectivity index is 2.06. The van der Waals surface area contributed by atoms with Crippen molar-refractivity contribution in [2.45, 2.75) is 6.92 Å². The number of halogens is 1. The third-order valence-electron chi connectivity index (χ3n) is 2.88. The van der Waals surface area contributed by atoms with Crippen LogP contribution < -0.4 is 5.73 Å². The molecule has 0 aliphatic heterocycles. The molecule has 0 unspecified atom stereocenters. The lowest BCUT2D eigenvalue weighted by Gasteiger charge is -2.04. The molecule has 0 saturated heterocycles. The highest BCUT2D eigenvalue weighted by molar-refractivity contribution is 7.13. The van der Waals surface area contributed by atoms with Gasteiger partial charge in [0.2, 0.25) is 0 Å². The number of thiazole rings is 1. The van der Waals surface area contributed by atoms with E-state index in [-0.39, 0.29) is 0 Å². The quantitative estimate of drug-likeness (QED) is 0.785. The van der Waals surface area contributed by atoms with Gasteiger partial charge in [-0.15, -0.1) is 11.3 Å².